The molecule has 0 spiro atoms. The van der Waals surface area contributed by atoms with Crippen LogP contribution < -0.4 is 10.2 Å². The third-order valence-electron chi connectivity index (χ3n) is 6.13. The molecular formula is C29H30N2O2. The molecule has 0 saturated carbocycles. The highest BCUT2D eigenvalue weighted by Gasteiger charge is 2.41. The van der Waals surface area contributed by atoms with Crippen LogP contribution >= 0.6 is 0 Å². The topological polar surface area (TPSA) is 49.4 Å². The van der Waals surface area contributed by atoms with Gasteiger partial charge in [-0.3, -0.25) is 9.59 Å². The zero-order valence-electron chi connectivity index (χ0n) is 20.1. The van der Waals surface area contributed by atoms with Gasteiger partial charge in [-0.2, -0.15) is 0 Å². The lowest BCUT2D eigenvalue weighted by atomic mass is 9.87. The Labute approximate surface area is 195 Å². The molecule has 1 aliphatic heterocycles. The van der Waals surface area contributed by atoms with Crippen LogP contribution in [0.25, 0.3) is 5.57 Å². The number of carbonyl (C=O) groups is 2. The first-order valence-electron chi connectivity index (χ1n) is 11.2. The first-order chi connectivity index (χ1) is 15.6. The molecule has 0 unspecified atom stereocenters. The van der Waals surface area contributed by atoms with E-state index in [4.69, 9.17) is 0 Å². The van der Waals surface area contributed by atoms with Gasteiger partial charge in [-0.25, -0.2) is 4.90 Å². The van der Waals surface area contributed by atoms with E-state index in [2.05, 4.69) is 26.1 Å². The molecule has 168 valence electrons. The van der Waals surface area contributed by atoms with Gasteiger partial charge in [0.25, 0.3) is 11.8 Å². The second kappa shape index (κ2) is 8.36. The molecule has 3 aromatic carbocycles. The summed E-state index contributed by atoms with van der Waals surface area (Å²) in [6.07, 6.45) is 0. The van der Waals surface area contributed by atoms with Gasteiger partial charge < -0.3 is 5.32 Å². The summed E-state index contributed by atoms with van der Waals surface area (Å²) < 4.78 is 0. The lowest BCUT2D eigenvalue weighted by Crippen LogP contribution is -2.32. The number of imide groups is 1. The van der Waals surface area contributed by atoms with Crippen LogP contribution in [0.4, 0.5) is 11.4 Å². The largest absolute Gasteiger partial charge is 0.350 e. The number of para-hydroxylation sites is 1. The summed E-state index contributed by atoms with van der Waals surface area (Å²) in [5, 5.41) is 3.28. The van der Waals surface area contributed by atoms with Crippen molar-refractivity contribution >= 4 is 28.8 Å². The number of hydrogen-bond acceptors (Lipinski definition) is 3. The van der Waals surface area contributed by atoms with E-state index in [9.17, 15) is 9.59 Å². The lowest BCUT2D eigenvalue weighted by Gasteiger charge is -2.21. The van der Waals surface area contributed by atoms with Crippen LogP contribution in [0.5, 0.6) is 0 Å². The number of nitrogens with one attached hydrogen (secondary N) is 1. The predicted octanol–water partition coefficient (Wildman–Crippen LogP) is 6.31. The highest BCUT2D eigenvalue weighted by molar-refractivity contribution is 6.46. The molecule has 0 fully saturated rings. The molecule has 4 rings (SSSR count). The van der Waals surface area contributed by atoms with E-state index in [0.29, 0.717) is 17.0 Å². The first-order valence-corrected chi connectivity index (χ1v) is 11.2. The van der Waals surface area contributed by atoms with Gasteiger partial charge in [-0.1, -0.05) is 74.9 Å². The monoisotopic (exact) mass is 438 g/mol. The Morgan fingerprint density at radius 1 is 0.758 bits per heavy atom. The van der Waals surface area contributed by atoms with Crippen molar-refractivity contribution < 1.29 is 9.59 Å². The maximum absolute atomic E-state index is 13.7. The number of carbonyl (C=O) groups excluding carboxylic acids is 2. The molecule has 0 saturated heterocycles. The van der Waals surface area contributed by atoms with Gasteiger partial charge in [-0.15, -0.1) is 0 Å². The molecular weight excluding hydrogens is 408 g/mol. The molecule has 4 heteroatoms. The summed E-state index contributed by atoms with van der Waals surface area (Å²) in [5.41, 5.74) is 7.05. The number of benzene rings is 3. The van der Waals surface area contributed by atoms with Crippen molar-refractivity contribution in [3.63, 3.8) is 0 Å². The van der Waals surface area contributed by atoms with Crippen molar-refractivity contribution in [2.45, 2.75) is 47.0 Å². The van der Waals surface area contributed by atoms with Gasteiger partial charge in [0.2, 0.25) is 0 Å². The molecule has 2 amide bonds. The molecule has 0 atom stereocenters. The molecule has 0 radical (unpaired) electrons. The second-order valence-corrected chi connectivity index (χ2v) is 9.75. The maximum atomic E-state index is 13.7. The van der Waals surface area contributed by atoms with E-state index >= 15 is 0 Å². The van der Waals surface area contributed by atoms with Crippen LogP contribution in [0.1, 0.15) is 48.6 Å². The normalized spacial score (nSPS) is 14.3. The number of anilines is 2. The minimum atomic E-state index is -0.346. The van der Waals surface area contributed by atoms with Crippen LogP contribution in [0.2, 0.25) is 0 Å². The van der Waals surface area contributed by atoms with Crippen molar-refractivity contribution in [1.82, 2.24) is 0 Å². The van der Waals surface area contributed by atoms with E-state index in [1.54, 1.807) is 0 Å². The summed E-state index contributed by atoms with van der Waals surface area (Å²) in [6, 6.07) is 21.4. The van der Waals surface area contributed by atoms with Crippen molar-refractivity contribution in [2.24, 2.45) is 0 Å². The molecule has 0 bridgehead atoms. The van der Waals surface area contributed by atoms with E-state index in [1.807, 2.05) is 87.5 Å². The zero-order chi connectivity index (χ0) is 23.9. The van der Waals surface area contributed by atoms with Crippen molar-refractivity contribution in [1.29, 1.82) is 0 Å². The van der Waals surface area contributed by atoms with E-state index < -0.39 is 0 Å². The van der Waals surface area contributed by atoms with Crippen LogP contribution in [0.15, 0.2) is 72.4 Å². The molecule has 33 heavy (non-hydrogen) atoms. The minimum absolute atomic E-state index is 0.0163. The Balaban J connectivity index is 1.83. The first kappa shape index (κ1) is 22.5. The number of aryl methyl sites for hydroxylation is 3. The second-order valence-electron chi connectivity index (χ2n) is 9.75. The molecule has 4 nitrogen and oxygen atoms in total. The fourth-order valence-electron chi connectivity index (χ4n) is 4.18. The fraction of sp³-hybridized carbons (Fsp3) is 0.241. The molecule has 3 aromatic rings. The third kappa shape index (κ3) is 4.21. The van der Waals surface area contributed by atoms with Crippen molar-refractivity contribution in [2.75, 3.05) is 10.2 Å². The summed E-state index contributed by atoms with van der Waals surface area (Å²) >= 11 is 0. The predicted molar refractivity (Wildman–Crippen MR) is 135 cm³/mol. The number of amides is 2. The highest BCUT2D eigenvalue weighted by Crippen LogP contribution is 2.36. The Hall–Kier alpha value is -3.66. The highest BCUT2D eigenvalue weighted by atomic mass is 16.2. The van der Waals surface area contributed by atoms with Crippen LogP contribution in [0, 0.1) is 20.8 Å². The molecule has 1 N–H and O–H groups in total. The van der Waals surface area contributed by atoms with Crippen LogP contribution in [-0.4, -0.2) is 11.8 Å². The maximum Gasteiger partial charge on any atom is 0.282 e. The fourth-order valence-corrected chi connectivity index (χ4v) is 4.18. The van der Waals surface area contributed by atoms with Gasteiger partial charge in [0.05, 0.1) is 11.3 Å². The van der Waals surface area contributed by atoms with Crippen molar-refractivity contribution in [3.05, 3.63) is 100 Å². The standard InChI is InChI=1S/C29H30N2O2/c1-18-11-16-23(20(3)17-18)25-26(30-24-10-8-7-9-19(24)2)28(33)31(27(25)32)22-14-12-21(13-15-22)29(4,5)6/h7-17,30H,1-6H3. The third-order valence-corrected chi connectivity index (χ3v) is 6.13. The van der Waals surface area contributed by atoms with E-state index in [0.717, 1.165) is 33.5 Å². The van der Waals surface area contributed by atoms with E-state index in [-0.39, 0.29) is 17.2 Å². The number of rotatable bonds is 4. The summed E-state index contributed by atoms with van der Waals surface area (Å²) in [5.74, 6) is -0.659. The SMILES string of the molecule is Cc1ccc(C2=C(Nc3ccccc3C)C(=O)N(c3ccc(C(C)(C)C)cc3)C2=O)c(C)c1. The summed E-state index contributed by atoms with van der Waals surface area (Å²) in [6.45, 7) is 12.4. The zero-order valence-corrected chi connectivity index (χ0v) is 20.1. The van der Waals surface area contributed by atoms with Gasteiger partial charge >= 0.3 is 0 Å². The summed E-state index contributed by atoms with van der Waals surface area (Å²) in [4.78, 5) is 28.7. The Bertz CT molecular complexity index is 1280. The van der Waals surface area contributed by atoms with Crippen LogP contribution in [0.3, 0.4) is 0 Å². The van der Waals surface area contributed by atoms with Gasteiger partial charge in [0, 0.05) is 5.69 Å². The number of nitrogens with zero attached hydrogens (tertiary/aromatic N) is 1. The minimum Gasteiger partial charge on any atom is -0.350 e. The van der Waals surface area contributed by atoms with E-state index in [1.165, 1.54) is 4.90 Å². The molecule has 0 aliphatic carbocycles. The average Bonchev–Trinajstić information content (AvgIpc) is 2.99. The Kier molecular flexibility index (Phi) is 5.71. The summed E-state index contributed by atoms with van der Waals surface area (Å²) in [7, 11) is 0. The van der Waals surface area contributed by atoms with Crippen LogP contribution in [-0.2, 0) is 15.0 Å². The molecule has 0 aromatic heterocycles. The van der Waals surface area contributed by atoms with Gasteiger partial charge in [0.1, 0.15) is 5.70 Å². The molecule has 1 heterocycles. The number of hydrogen-bond donors (Lipinski definition) is 1. The average molecular weight is 439 g/mol. The van der Waals surface area contributed by atoms with Gasteiger partial charge in [-0.05, 0) is 66.6 Å². The molecule has 1 aliphatic rings. The Morgan fingerprint density at radius 2 is 1.42 bits per heavy atom. The Morgan fingerprint density at radius 3 is 2.03 bits per heavy atom. The quantitative estimate of drug-likeness (QED) is 0.486. The van der Waals surface area contributed by atoms with Gasteiger partial charge in [0.15, 0.2) is 0 Å². The smallest absolute Gasteiger partial charge is 0.282 e. The van der Waals surface area contributed by atoms with Crippen molar-refractivity contribution in [3.8, 4) is 0 Å². The lowest BCUT2D eigenvalue weighted by molar-refractivity contribution is -0.120.